The van der Waals surface area contributed by atoms with Gasteiger partial charge in [-0.3, -0.25) is 9.59 Å². The Morgan fingerprint density at radius 1 is 1.00 bits per heavy atom. The zero-order chi connectivity index (χ0) is 25.5. The molecule has 0 aliphatic heterocycles. The molecule has 0 fully saturated rings. The Morgan fingerprint density at radius 2 is 1.65 bits per heavy atom. The highest BCUT2D eigenvalue weighted by atomic mass is 79.9. The number of para-hydroxylation sites is 1. The van der Waals surface area contributed by atoms with Crippen LogP contribution in [0.3, 0.4) is 0 Å². The molecule has 0 radical (unpaired) electrons. The normalized spacial score (nSPS) is 12.8. The molecule has 0 saturated heterocycles. The van der Waals surface area contributed by atoms with Gasteiger partial charge in [0.1, 0.15) is 5.75 Å². The number of rotatable bonds is 12. The molecule has 0 heterocycles. The number of Topliss-reactive ketones (excluding diaryl/α,β-unsaturated/α-hetero) is 1. The number of hydrogen-bond acceptors (Lipinski definition) is 3. The number of carbonyl (C=O) groups is 2. The van der Waals surface area contributed by atoms with Gasteiger partial charge in [-0.25, -0.2) is 0 Å². The molecule has 5 heteroatoms. The van der Waals surface area contributed by atoms with Crippen molar-refractivity contribution in [2.24, 2.45) is 0 Å². The Bertz CT molecular complexity index is 995. The van der Waals surface area contributed by atoms with Gasteiger partial charge in [0, 0.05) is 17.5 Å². The van der Waals surface area contributed by atoms with Gasteiger partial charge in [-0.2, -0.15) is 0 Å². The van der Waals surface area contributed by atoms with E-state index in [0.29, 0.717) is 30.7 Å². The van der Waals surface area contributed by atoms with Crippen molar-refractivity contribution in [2.75, 3.05) is 11.9 Å². The van der Waals surface area contributed by atoms with Crippen molar-refractivity contribution in [1.82, 2.24) is 0 Å². The Balaban J connectivity index is 2.04. The SMILES string of the molecule is CCC(C)(C)c1ccc(OCCCC(=O)Nc2ccccc2C(=O)C(C)Br)c(C(C)(C)CC)c1. The van der Waals surface area contributed by atoms with Crippen molar-refractivity contribution >= 4 is 33.3 Å². The first-order valence-electron chi connectivity index (χ1n) is 12.3. The van der Waals surface area contributed by atoms with Crippen LogP contribution in [-0.4, -0.2) is 23.1 Å². The predicted octanol–water partition coefficient (Wildman–Crippen LogP) is 7.83. The third kappa shape index (κ3) is 7.18. The zero-order valence-corrected chi connectivity index (χ0v) is 23.3. The van der Waals surface area contributed by atoms with E-state index in [1.165, 1.54) is 11.1 Å². The van der Waals surface area contributed by atoms with Gasteiger partial charge in [0.25, 0.3) is 0 Å². The number of ether oxygens (including phenoxy) is 1. The van der Waals surface area contributed by atoms with Gasteiger partial charge < -0.3 is 10.1 Å². The van der Waals surface area contributed by atoms with Crippen molar-refractivity contribution in [2.45, 2.75) is 89.8 Å². The number of benzene rings is 2. The smallest absolute Gasteiger partial charge is 0.224 e. The van der Waals surface area contributed by atoms with Crippen LogP contribution in [-0.2, 0) is 15.6 Å². The van der Waals surface area contributed by atoms with Crippen LogP contribution in [0.5, 0.6) is 5.75 Å². The van der Waals surface area contributed by atoms with E-state index < -0.39 is 0 Å². The third-order valence-corrected chi connectivity index (χ3v) is 7.31. The van der Waals surface area contributed by atoms with Gasteiger partial charge in [-0.15, -0.1) is 0 Å². The van der Waals surface area contributed by atoms with Crippen LogP contribution in [0.15, 0.2) is 42.5 Å². The fraction of sp³-hybridized carbons (Fsp3) is 0.517. The lowest BCUT2D eigenvalue weighted by Crippen LogP contribution is -2.21. The largest absolute Gasteiger partial charge is 0.493 e. The van der Waals surface area contributed by atoms with Crippen LogP contribution in [0, 0.1) is 0 Å². The van der Waals surface area contributed by atoms with E-state index >= 15 is 0 Å². The molecule has 186 valence electrons. The van der Waals surface area contributed by atoms with Crippen LogP contribution in [0.4, 0.5) is 5.69 Å². The predicted molar refractivity (Wildman–Crippen MR) is 146 cm³/mol. The van der Waals surface area contributed by atoms with Crippen molar-refractivity contribution in [1.29, 1.82) is 0 Å². The minimum Gasteiger partial charge on any atom is -0.493 e. The van der Waals surface area contributed by atoms with E-state index in [1.54, 1.807) is 25.1 Å². The van der Waals surface area contributed by atoms with Crippen molar-refractivity contribution < 1.29 is 14.3 Å². The quantitative estimate of drug-likeness (QED) is 0.173. The molecular weight excluding hydrogens is 490 g/mol. The number of anilines is 1. The number of hydrogen-bond donors (Lipinski definition) is 1. The van der Waals surface area contributed by atoms with Crippen LogP contribution in [0.1, 0.15) is 95.6 Å². The minimum atomic E-state index is -0.310. The summed E-state index contributed by atoms with van der Waals surface area (Å²) in [4.78, 5) is 24.6. The molecular formula is C29H40BrNO3. The summed E-state index contributed by atoms with van der Waals surface area (Å²) in [6, 6.07) is 13.7. The molecule has 1 unspecified atom stereocenters. The summed E-state index contributed by atoms with van der Waals surface area (Å²) in [6.45, 7) is 15.7. The number of carbonyl (C=O) groups excluding carboxylic acids is 2. The molecule has 2 aromatic carbocycles. The summed E-state index contributed by atoms with van der Waals surface area (Å²) in [5.74, 6) is 0.713. The van der Waals surface area contributed by atoms with Gasteiger partial charge in [0.2, 0.25) is 5.91 Å². The lowest BCUT2D eigenvalue weighted by Gasteiger charge is -2.30. The lowest BCUT2D eigenvalue weighted by molar-refractivity contribution is -0.116. The minimum absolute atomic E-state index is 0.00462. The summed E-state index contributed by atoms with van der Waals surface area (Å²) >= 11 is 3.32. The molecule has 2 aromatic rings. The van der Waals surface area contributed by atoms with Crippen LogP contribution in [0.25, 0.3) is 0 Å². The highest BCUT2D eigenvalue weighted by Gasteiger charge is 2.26. The number of amides is 1. The molecule has 1 atom stereocenters. The van der Waals surface area contributed by atoms with Crippen molar-refractivity contribution in [3.63, 3.8) is 0 Å². The van der Waals surface area contributed by atoms with Crippen LogP contribution >= 0.6 is 15.9 Å². The molecule has 4 nitrogen and oxygen atoms in total. The third-order valence-electron chi connectivity index (χ3n) is 6.89. The second kappa shape index (κ2) is 12.0. The highest BCUT2D eigenvalue weighted by Crippen LogP contribution is 2.38. The fourth-order valence-corrected chi connectivity index (χ4v) is 3.90. The fourth-order valence-electron chi connectivity index (χ4n) is 3.65. The van der Waals surface area contributed by atoms with Gasteiger partial charge in [0.05, 0.1) is 17.1 Å². The maximum atomic E-state index is 12.5. The van der Waals surface area contributed by atoms with Gasteiger partial charge in [-0.05, 0) is 60.8 Å². The average Bonchev–Trinajstić information content (AvgIpc) is 2.81. The van der Waals surface area contributed by atoms with Crippen molar-refractivity contribution in [3.8, 4) is 5.75 Å². The maximum Gasteiger partial charge on any atom is 0.224 e. The maximum absolute atomic E-state index is 12.5. The van der Waals surface area contributed by atoms with Gasteiger partial charge in [-0.1, -0.05) is 81.7 Å². The molecule has 0 saturated carbocycles. The first-order valence-corrected chi connectivity index (χ1v) is 13.2. The van der Waals surface area contributed by atoms with Crippen LogP contribution < -0.4 is 10.1 Å². The monoisotopic (exact) mass is 529 g/mol. The second-order valence-corrected chi connectivity index (χ2v) is 11.6. The number of nitrogens with one attached hydrogen (secondary N) is 1. The number of alkyl halides is 1. The topological polar surface area (TPSA) is 55.4 Å². The summed E-state index contributed by atoms with van der Waals surface area (Å²) in [6.07, 6.45) is 2.98. The summed E-state index contributed by atoms with van der Waals surface area (Å²) in [5, 5.41) is 2.88. The molecule has 0 bridgehead atoms. The highest BCUT2D eigenvalue weighted by molar-refractivity contribution is 9.10. The van der Waals surface area contributed by atoms with Crippen LogP contribution in [0.2, 0.25) is 0 Å². The Labute approximate surface area is 214 Å². The molecule has 1 N–H and O–H groups in total. The standard InChI is InChI=1S/C29H40BrNO3/c1-8-28(4,5)21-16-17-25(23(19-21)29(6,7)9-2)34-18-12-15-26(32)31-24-14-11-10-13-22(24)27(33)20(3)30/h10-11,13-14,16-17,19-20H,8-9,12,15,18H2,1-7H3,(H,31,32). The lowest BCUT2D eigenvalue weighted by atomic mass is 9.76. The van der Waals surface area contributed by atoms with Gasteiger partial charge in [0.15, 0.2) is 5.78 Å². The Kier molecular flexibility index (Phi) is 9.93. The average molecular weight is 531 g/mol. The second-order valence-electron chi connectivity index (χ2n) is 10.2. The van der Waals surface area contributed by atoms with E-state index in [9.17, 15) is 9.59 Å². The molecule has 0 aliphatic carbocycles. The number of halogens is 1. The summed E-state index contributed by atoms with van der Waals surface area (Å²) in [7, 11) is 0. The van der Waals surface area contributed by atoms with Crippen molar-refractivity contribution in [3.05, 3.63) is 59.2 Å². The first-order chi connectivity index (χ1) is 15.9. The van der Waals surface area contributed by atoms with E-state index in [4.69, 9.17) is 4.74 Å². The van der Waals surface area contributed by atoms with Gasteiger partial charge >= 0.3 is 0 Å². The molecule has 0 aliphatic rings. The molecule has 2 rings (SSSR count). The molecule has 0 aromatic heterocycles. The van der Waals surface area contributed by atoms with E-state index in [2.05, 4.69) is 81.0 Å². The van der Waals surface area contributed by atoms with E-state index in [1.807, 2.05) is 6.07 Å². The number of ketones is 1. The summed E-state index contributed by atoms with van der Waals surface area (Å²) in [5.41, 5.74) is 3.71. The zero-order valence-electron chi connectivity index (χ0n) is 21.8. The van der Waals surface area contributed by atoms with E-state index in [0.717, 1.165) is 18.6 Å². The Hall–Kier alpha value is -2.14. The Morgan fingerprint density at radius 3 is 2.26 bits per heavy atom. The molecule has 34 heavy (non-hydrogen) atoms. The van der Waals surface area contributed by atoms with E-state index in [-0.39, 0.29) is 27.3 Å². The summed E-state index contributed by atoms with van der Waals surface area (Å²) < 4.78 is 6.18. The molecule has 1 amide bonds. The first kappa shape index (κ1) is 28.1. The molecule has 0 spiro atoms.